The second-order valence-corrected chi connectivity index (χ2v) is 8.01. The summed E-state index contributed by atoms with van der Waals surface area (Å²) in [5.41, 5.74) is 0.764. The standard InChI is InChI=1S/C24H21ClN4O6/c1-2-34-23(32)20-18(26-24(33)27-21(20)13-7-9-14(25)10-8-13)12-35-19(30)11-17-15-5-3-4-6-16(15)22(31)29-28-17/h3-10,21H,2,11-12H2,1H3,(H,29,31)(H2,26,27,33). The van der Waals surface area contributed by atoms with E-state index < -0.39 is 24.0 Å². The number of rotatable bonds is 7. The molecule has 1 unspecified atom stereocenters. The lowest BCUT2D eigenvalue weighted by Crippen LogP contribution is -2.47. The van der Waals surface area contributed by atoms with Crippen molar-refractivity contribution >= 4 is 40.3 Å². The number of aromatic amines is 1. The Kier molecular flexibility index (Phi) is 7.11. The first kappa shape index (κ1) is 24.0. The van der Waals surface area contributed by atoms with Crippen LogP contribution in [0.25, 0.3) is 10.8 Å². The number of hydrogen-bond donors (Lipinski definition) is 3. The molecule has 3 aromatic rings. The summed E-state index contributed by atoms with van der Waals surface area (Å²) in [6.07, 6.45) is -0.230. The third-order valence-electron chi connectivity index (χ3n) is 5.32. The molecule has 35 heavy (non-hydrogen) atoms. The van der Waals surface area contributed by atoms with Crippen molar-refractivity contribution in [1.29, 1.82) is 0 Å². The number of nitrogens with one attached hydrogen (secondary N) is 3. The molecule has 10 nitrogen and oxygen atoms in total. The van der Waals surface area contributed by atoms with Crippen LogP contribution in [0.2, 0.25) is 5.02 Å². The number of halogens is 1. The molecule has 4 rings (SSSR count). The van der Waals surface area contributed by atoms with Crippen LogP contribution in [0, 0.1) is 0 Å². The summed E-state index contributed by atoms with van der Waals surface area (Å²) in [7, 11) is 0. The van der Waals surface area contributed by atoms with E-state index in [4.69, 9.17) is 21.1 Å². The second-order valence-electron chi connectivity index (χ2n) is 7.58. The largest absolute Gasteiger partial charge is 0.463 e. The molecule has 0 fully saturated rings. The normalized spacial score (nSPS) is 15.4. The van der Waals surface area contributed by atoms with Gasteiger partial charge in [-0.05, 0) is 30.7 Å². The van der Waals surface area contributed by atoms with Crippen LogP contribution in [0.5, 0.6) is 0 Å². The minimum atomic E-state index is -0.835. The molecule has 2 aromatic carbocycles. The first-order valence-electron chi connectivity index (χ1n) is 10.7. The first-order valence-corrected chi connectivity index (χ1v) is 11.1. The van der Waals surface area contributed by atoms with E-state index in [0.717, 1.165) is 0 Å². The van der Waals surface area contributed by atoms with E-state index in [1.54, 1.807) is 55.5 Å². The van der Waals surface area contributed by atoms with Gasteiger partial charge in [0.15, 0.2) is 0 Å². The van der Waals surface area contributed by atoms with Gasteiger partial charge in [0.25, 0.3) is 5.56 Å². The van der Waals surface area contributed by atoms with Crippen molar-refractivity contribution in [2.24, 2.45) is 0 Å². The average Bonchev–Trinajstić information content (AvgIpc) is 2.85. The Labute approximate surface area is 204 Å². The number of fused-ring (bicyclic) bond motifs is 1. The maximum atomic E-state index is 12.8. The molecule has 0 spiro atoms. The number of carbonyl (C=O) groups is 3. The van der Waals surface area contributed by atoms with Crippen molar-refractivity contribution in [2.45, 2.75) is 19.4 Å². The Morgan fingerprint density at radius 3 is 2.46 bits per heavy atom. The van der Waals surface area contributed by atoms with Gasteiger partial charge in [0.05, 0.1) is 41.4 Å². The second kappa shape index (κ2) is 10.4. The van der Waals surface area contributed by atoms with E-state index in [1.807, 2.05) is 0 Å². The highest BCUT2D eigenvalue weighted by atomic mass is 35.5. The molecule has 0 aliphatic carbocycles. The van der Waals surface area contributed by atoms with E-state index in [0.29, 0.717) is 27.1 Å². The molecule has 1 aromatic heterocycles. The maximum Gasteiger partial charge on any atom is 0.338 e. The molecular weight excluding hydrogens is 476 g/mol. The molecule has 0 saturated carbocycles. The predicted molar refractivity (Wildman–Crippen MR) is 127 cm³/mol. The molecule has 0 radical (unpaired) electrons. The number of aromatic nitrogens is 2. The van der Waals surface area contributed by atoms with Crippen molar-refractivity contribution < 1.29 is 23.9 Å². The van der Waals surface area contributed by atoms with Crippen LogP contribution in [0.4, 0.5) is 4.79 Å². The van der Waals surface area contributed by atoms with E-state index in [-0.39, 0.29) is 36.5 Å². The fourth-order valence-corrected chi connectivity index (χ4v) is 3.86. The van der Waals surface area contributed by atoms with Crippen LogP contribution in [0.15, 0.2) is 64.6 Å². The summed E-state index contributed by atoms with van der Waals surface area (Å²) in [5, 5.41) is 13.0. The summed E-state index contributed by atoms with van der Waals surface area (Å²) in [6.45, 7) is 1.39. The molecule has 1 atom stereocenters. The number of benzene rings is 2. The van der Waals surface area contributed by atoms with Crippen molar-refractivity contribution in [3.05, 3.63) is 86.4 Å². The van der Waals surface area contributed by atoms with Gasteiger partial charge in [-0.25, -0.2) is 14.7 Å². The van der Waals surface area contributed by atoms with Gasteiger partial charge in [-0.3, -0.25) is 9.59 Å². The van der Waals surface area contributed by atoms with E-state index in [1.165, 1.54) is 0 Å². The van der Waals surface area contributed by atoms with Crippen LogP contribution in [0.3, 0.4) is 0 Å². The molecular formula is C24H21ClN4O6. The van der Waals surface area contributed by atoms with Crippen molar-refractivity contribution in [2.75, 3.05) is 13.2 Å². The van der Waals surface area contributed by atoms with E-state index in [2.05, 4.69) is 20.8 Å². The summed E-state index contributed by atoms with van der Waals surface area (Å²) in [5.74, 6) is -1.33. The zero-order valence-corrected chi connectivity index (χ0v) is 19.3. The molecule has 2 heterocycles. The number of urea groups is 1. The molecule has 0 saturated heterocycles. The van der Waals surface area contributed by atoms with Gasteiger partial charge in [0.2, 0.25) is 0 Å². The Balaban J connectivity index is 1.59. The number of hydrogen-bond acceptors (Lipinski definition) is 7. The number of ether oxygens (including phenoxy) is 2. The fraction of sp³-hybridized carbons (Fsp3) is 0.208. The maximum absolute atomic E-state index is 12.8. The zero-order valence-electron chi connectivity index (χ0n) is 18.6. The minimum Gasteiger partial charge on any atom is -0.463 e. The Hall–Kier alpha value is -4.18. The van der Waals surface area contributed by atoms with E-state index in [9.17, 15) is 19.2 Å². The highest BCUT2D eigenvalue weighted by molar-refractivity contribution is 6.30. The SMILES string of the molecule is CCOC(=O)C1=C(COC(=O)Cc2n[nH]c(=O)c3ccccc23)NC(=O)NC1c1ccc(Cl)cc1. The number of amides is 2. The van der Waals surface area contributed by atoms with Crippen LogP contribution >= 0.6 is 11.6 Å². The Bertz CT molecular complexity index is 1380. The molecule has 2 amide bonds. The van der Waals surface area contributed by atoms with Crippen LogP contribution < -0.4 is 16.2 Å². The first-order chi connectivity index (χ1) is 16.9. The Morgan fingerprint density at radius 1 is 1.03 bits per heavy atom. The van der Waals surface area contributed by atoms with Gasteiger partial charge in [-0.2, -0.15) is 5.10 Å². The number of nitrogens with zero attached hydrogens (tertiary/aromatic N) is 1. The Morgan fingerprint density at radius 2 is 1.74 bits per heavy atom. The smallest absolute Gasteiger partial charge is 0.338 e. The highest BCUT2D eigenvalue weighted by Crippen LogP contribution is 2.29. The highest BCUT2D eigenvalue weighted by Gasteiger charge is 2.34. The van der Waals surface area contributed by atoms with Crippen LogP contribution in [0.1, 0.15) is 24.2 Å². The van der Waals surface area contributed by atoms with Crippen LogP contribution in [-0.2, 0) is 25.5 Å². The number of esters is 2. The molecule has 3 N–H and O–H groups in total. The molecule has 11 heteroatoms. The number of H-pyrrole nitrogens is 1. The third kappa shape index (κ3) is 5.33. The minimum absolute atomic E-state index is 0.0970. The summed E-state index contributed by atoms with van der Waals surface area (Å²) >= 11 is 5.97. The monoisotopic (exact) mass is 496 g/mol. The van der Waals surface area contributed by atoms with Crippen LogP contribution in [-0.4, -0.2) is 41.4 Å². The van der Waals surface area contributed by atoms with Gasteiger partial charge in [-0.15, -0.1) is 0 Å². The topological polar surface area (TPSA) is 139 Å². The predicted octanol–water partition coefficient (Wildman–Crippen LogP) is 2.53. The third-order valence-corrected chi connectivity index (χ3v) is 5.57. The van der Waals surface area contributed by atoms with Gasteiger partial charge in [-0.1, -0.05) is 41.9 Å². The van der Waals surface area contributed by atoms with Gasteiger partial charge in [0, 0.05) is 10.4 Å². The summed E-state index contributed by atoms with van der Waals surface area (Å²) in [6, 6.07) is 12.0. The molecule has 0 bridgehead atoms. The average molecular weight is 497 g/mol. The fourth-order valence-electron chi connectivity index (χ4n) is 3.73. The lowest BCUT2D eigenvalue weighted by molar-refractivity contribution is -0.143. The van der Waals surface area contributed by atoms with Crippen molar-refractivity contribution in [1.82, 2.24) is 20.8 Å². The number of carbonyl (C=O) groups excluding carboxylic acids is 3. The molecule has 180 valence electrons. The zero-order chi connectivity index (χ0) is 24.9. The molecule has 1 aliphatic rings. The molecule has 1 aliphatic heterocycles. The van der Waals surface area contributed by atoms with Gasteiger partial charge < -0.3 is 20.1 Å². The quantitative estimate of drug-likeness (QED) is 0.427. The lowest BCUT2D eigenvalue weighted by Gasteiger charge is -2.29. The van der Waals surface area contributed by atoms with Gasteiger partial charge in [0.1, 0.15) is 6.61 Å². The summed E-state index contributed by atoms with van der Waals surface area (Å²) < 4.78 is 10.6. The van der Waals surface area contributed by atoms with E-state index >= 15 is 0 Å². The van der Waals surface area contributed by atoms with Crippen molar-refractivity contribution in [3.8, 4) is 0 Å². The summed E-state index contributed by atoms with van der Waals surface area (Å²) in [4.78, 5) is 49.7. The lowest BCUT2D eigenvalue weighted by atomic mass is 9.95. The van der Waals surface area contributed by atoms with Gasteiger partial charge >= 0.3 is 18.0 Å². The van der Waals surface area contributed by atoms with Crippen molar-refractivity contribution in [3.63, 3.8) is 0 Å².